The molecule has 1 rings (SSSR count). The maximum Gasteiger partial charge on any atom is 0.205 e. The molecule has 1 aromatic heterocycles. The average molecular weight is 246 g/mol. The second-order valence-corrected chi connectivity index (χ2v) is 4.74. The number of aryl methyl sites for hydroxylation is 1. The van der Waals surface area contributed by atoms with E-state index in [9.17, 15) is 0 Å². The van der Waals surface area contributed by atoms with Gasteiger partial charge in [0, 0.05) is 37.4 Å². The summed E-state index contributed by atoms with van der Waals surface area (Å²) in [4.78, 5) is 6.95. The lowest BCUT2D eigenvalue weighted by Gasteiger charge is -2.20. The zero-order valence-electron chi connectivity index (χ0n) is 8.37. The summed E-state index contributed by atoms with van der Waals surface area (Å²) >= 11 is 3.53. The Morgan fingerprint density at radius 2 is 2.38 bits per heavy atom. The zero-order valence-corrected chi connectivity index (χ0v) is 9.95. The summed E-state index contributed by atoms with van der Waals surface area (Å²) in [6.45, 7) is 6.19. The Labute approximate surface area is 87.9 Å². The largest absolute Gasteiger partial charge is 0.344 e. The minimum absolute atomic E-state index is 0.486. The van der Waals surface area contributed by atoms with Gasteiger partial charge >= 0.3 is 0 Å². The molecule has 0 fully saturated rings. The normalized spacial score (nSPS) is 12.9. The lowest BCUT2D eigenvalue weighted by atomic mass is 10.4. The fraction of sp³-hybridized carbons (Fsp3) is 0.667. The first kappa shape index (κ1) is 10.6. The molecule has 0 N–H and O–H groups in total. The van der Waals surface area contributed by atoms with Crippen LogP contribution in [0, 0.1) is 0 Å². The Bertz CT molecular complexity index is 257. The first-order valence-electron chi connectivity index (χ1n) is 4.51. The number of halogens is 1. The van der Waals surface area contributed by atoms with Crippen molar-refractivity contribution in [2.24, 2.45) is 0 Å². The summed E-state index contributed by atoms with van der Waals surface area (Å²) in [5.74, 6) is 1.04. The highest BCUT2D eigenvalue weighted by Gasteiger charge is 2.08. The summed E-state index contributed by atoms with van der Waals surface area (Å²) < 4.78 is 2.13. The van der Waals surface area contributed by atoms with Gasteiger partial charge in [-0.2, -0.15) is 0 Å². The maximum absolute atomic E-state index is 4.31. The first-order chi connectivity index (χ1) is 6.15. The quantitative estimate of drug-likeness (QED) is 0.759. The van der Waals surface area contributed by atoms with E-state index in [4.69, 9.17) is 0 Å². The van der Waals surface area contributed by atoms with Gasteiger partial charge in [0.1, 0.15) is 0 Å². The highest BCUT2D eigenvalue weighted by molar-refractivity contribution is 9.09. The molecule has 4 heteroatoms. The fourth-order valence-corrected chi connectivity index (χ4v) is 1.78. The molecule has 0 saturated carbocycles. The molecule has 0 aromatic carbocycles. The lowest BCUT2D eigenvalue weighted by Crippen LogP contribution is -2.26. The molecule has 1 atom stereocenters. The van der Waals surface area contributed by atoms with Crippen LogP contribution in [0.1, 0.15) is 13.8 Å². The predicted molar refractivity (Wildman–Crippen MR) is 59.6 cm³/mol. The van der Waals surface area contributed by atoms with Crippen molar-refractivity contribution in [1.82, 2.24) is 9.55 Å². The number of hydrogen-bond acceptors (Lipinski definition) is 2. The van der Waals surface area contributed by atoms with Crippen LogP contribution in [-0.2, 0) is 6.54 Å². The van der Waals surface area contributed by atoms with E-state index < -0.39 is 0 Å². The third-order valence-corrected chi connectivity index (χ3v) is 2.19. The van der Waals surface area contributed by atoms with Crippen molar-refractivity contribution in [3.63, 3.8) is 0 Å². The second-order valence-electron chi connectivity index (χ2n) is 3.17. The van der Waals surface area contributed by atoms with Crippen molar-refractivity contribution in [1.29, 1.82) is 0 Å². The predicted octanol–water partition coefficient (Wildman–Crippen LogP) is 2.12. The third-order valence-electron chi connectivity index (χ3n) is 1.90. The SMILES string of the molecule is CCn1ccnc1N(C)CC(C)Br. The highest BCUT2D eigenvalue weighted by Crippen LogP contribution is 2.11. The third kappa shape index (κ3) is 2.72. The molecule has 0 aliphatic heterocycles. The van der Waals surface area contributed by atoms with Crippen LogP contribution in [0.5, 0.6) is 0 Å². The van der Waals surface area contributed by atoms with E-state index in [1.807, 2.05) is 12.4 Å². The fourth-order valence-electron chi connectivity index (χ4n) is 1.34. The molecule has 0 spiro atoms. The summed E-state index contributed by atoms with van der Waals surface area (Å²) in [6, 6.07) is 0. The van der Waals surface area contributed by atoms with Crippen LogP contribution in [0.15, 0.2) is 12.4 Å². The van der Waals surface area contributed by atoms with E-state index in [2.05, 4.69) is 51.3 Å². The van der Waals surface area contributed by atoms with Gasteiger partial charge in [0.25, 0.3) is 0 Å². The van der Waals surface area contributed by atoms with E-state index in [0.717, 1.165) is 19.0 Å². The van der Waals surface area contributed by atoms with Crippen molar-refractivity contribution in [3.05, 3.63) is 12.4 Å². The molecule has 3 nitrogen and oxygen atoms in total. The van der Waals surface area contributed by atoms with Crippen molar-refractivity contribution in [2.45, 2.75) is 25.2 Å². The van der Waals surface area contributed by atoms with E-state index in [1.165, 1.54) is 0 Å². The van der Waals surface area contributed by atoms with Crippen LogP contribution in [0.2, 0.25) is 0 Å². The molecule has 13 heavy (non-hydrogen) atoms. The summed E-state index contributed by atoms with van der Waals surface area (Å²) in [6.07, 6.45) is 3.85. The Morgan fingerprint density at radius 1 is 1.69 bits per heavy atom. The Kier molecular flexibility index (Phi) is 3.78. The molecular formula is C9H16BrN3. The summed E-state index contributed by atoms with van der Waals surface area (Å²) in [5, 5.41) is 0. The van der Waals surface area contributed by atoms with E-state index in [-0.39, 0.29) is 0 Å². The van der Waals surface area contributed by atoms with Gasteiger partial charge in [0.2, 0.25) is 5.95 Å². The van der Waals surface area contributed by atoms with E-state index in [0.29, 0.717) is 4.83 Å². The molecule has 0 radical (unpaired) electrons. The van der Waals surface area contributed by atoms with Gasteiger partial charge in [-0.15, -0.1) is 0 Å². The van der Waals surface area contributed by atoms with Crippen molar-refractivity contribution < 1.29 is 0 Å². The number of rotatable bonds is 4. The summed E-state index contributed by atoms with van der Waals surface area (Å²) in [5.41, 5.74) is 0. The van der Waals surface area contributed by atoms with E-state index in [1.54, 1.807) is 0 Å². The Morgan fingerprint density at radius 3 is 2.92 bits per heavy atom. The van der Waals surface area contributed by atoms with Crippen LogP contribution in [0.25, 0.3) is 0 Å². The van der Waals surface area contributed by atoms with Crippen molar-refractivity contribution in [2.75, 3.05) is 18.5 Å². The number of imidazole rings is 1. The van der Waals surface area contributed by atoms with Gasteiger partial charge in [-0.25, -0.2) is 4.98 Å². The molecule has 1 heterocycles. The minimum Gasteiger partial charge on any atom is -0.344 e. The topological polar surface area (TPSA) is 21.1 Å². The van der Waals surface area contributed by atoms with Gasteiger partial charge in [0.05, 0.1) is 0 Å². The standard InChI is InChI=1S/C9H16BrN3/c1-4-13-6-5-11-9(13)12(3)7-8(2)10/h5-6,8H,4,7H2,1-3H3. The highest BCUT2D eigenvalue weighted by atomic mass is 79.9. The number of aromatic nitrogens is 2. The number of anilines is 1. The van der Waals surface area contributed by atoms with Crippen LogP contribution >= 0.6 is 15.9 Å². The number of alkyl halides is 1. The van der Waals surface area contributed by atoms with Crippen LogP contribution < -0.4 is 4.90 Å². The van der Waals surface area contributed by atoms with Gasteiger partial charge in [-0.3, -0.25) is 0 Å². The molecule has 0 aliphatic rings. The summed E-state index contributed by atoms with van der Waals surface area (Å²) in [7, 11) is 2.06. The van der Waals surface area contributed by atoms with Crippen LogP contribution in [-0.4, -0.2) is 28.0 Å². The van der Waals surface area contributed by atoms with Gasteiger partial charge < -0.3 is 9.47 Å². The number of nitrogens with zero attached hydrogens (tertiary/aromatic N) is 3. The van der Waals surface area contributed by atoms with Crippen molar-refractivity contribution >= 4 is 21.9 Å². The molecule has 0 amide bonds. The average Bonchev–Trinajstić information content (AvgIpc) is 2.49. The monoisotopic (exact) mass is 245 g/mol. The van der Waals surface area contributed by atoms with Gasteiger partial charge in [-0.05, 0) is 6.92 Å². The van der Waals surface area contributed by atoms with E-state index >= 15 is 0 Å². The zero-order chi connectivity index (χ0) is 9.84. The molecule has 1 aromatic rings. The van der Waals surface area contributed by atoms with Crippen LogP contribution in [0.3, 0.4) is 0 Å². The van der Waals surface area contributed by atoms with Gasteiger partial charge in [-0.1, -0.05) is 22.9 Å². The number of hydrogen-bond donors (Lipinski definition) is 0. The van der Waals surface area contributed by atoms with Crippen LogP contribution in [0.4, 0.5) is 5.95 Å². The lowest BCUT2D eigenvalue weighted by molar-refractivity contribution is 0.722. The molecule has 0 saturated heterocycles. The maximum atomic E-state index is 4.31. The molecule has 1 unspecified atom stereocenters. The van der Waals surface area contributed by atoms with Gasteiger partial charge in [0.15, 0.2) is 0 Å². The smallest absolute Gasteiger partial charge is 0.205 e. The van der Waals surface area contributed by atoms with Crippen molar-refractivity contribution in [3.8, 4) is 0 Å². The Balaban J connectivity index is 2.69. The molecule has 0 aliphatic carbocycles. The molecule has 0 bridgehead atoms. The first-order valence-corrected chi connectivity index (χ1v) is 5.43. The Hall–Kier alpha value is -0.510. The minimum atomic E-state index is 0.486. The molecule has 74 valence electrons. The second kappa shape index (κ2) is 4.65. The molecular weight excluding hydrogens is 230 g/mol.